The molecule has 0 bridgehead atoms. The van der Waals surface area contributed by atoms with Gasteiger partial charge in [0, 0.05) is 38.9 Å². The zero-order valence-electron chi connectivity index (χ0n) is 14.9. The van der Waals surface area contributed by atoms with Gasteiger partial charge in [-0.05, 0) is 29.8 Å². The van der Waals surface area contributed by atoms with E-state index in [0.717, 1.165) is 21.0 Å². The number of aromatic nitrogens is 1. The Hall–Kier alpha value is -2.06. The van der Waals surface area contributed by atoms with Gasteiger partial charge in [-0.2, -0.15) is 0 Å². The number of benzene rings is 2. The molecule has 1 aliphatic rings. The highest BCUT2D eigenvalue weighted by Crippen LogP contribution is 2.36. The molecule has 0 fully saturated rings. The maximum Gasteiger partial charge on any atom is 0.238 e. The van der Waals surface area contributed by atoms with Crippen LogP contribution < -0.4 is 10.6 Å². The van der Waals surface area contributed by atoms with Crippen LogP contribution in [0.2, 0.25) is 10.0 Å². The van der Waals surface area contributed by atoms with Crippen molar-refractivity contribution in [2.75, 3.05) is 10.6 Å². The lowest BCUT2D eigenvalue weighted by Gasteiger charge is -2.23. The lowest BCUT2D eigenvalue weighted by Crippen LogP contribution is -2.32. The van der Waals surface area contributed by atoms with Crippen LogP contribution in [0.15, 0.2) is 53.6 Å². The summed E-state index contributed by atoms with van der Waals surface area (Å²) in [6.07, 6.45) is 2.38. The maximum atomic E-state index is 12.4. The highest BCUT2D eigenvalue weighted by Gasteiger charge is 2.29. The van der Waals surface area contributed by atoms with Gasteiger partial charge in [0.05, 0.1) is 10.9 Å². The second kappa shape index (κ2) is 8.75. The standard InChI is InChI=1S/C20H15Cl2N3O2S2/c21-12-6-5-11(14(22)8-12)7-13-10-23-20(28-13)25-18(26)9-17-19(27)24-15-3-1-2-4-16(15)29-17/h1-6,8,10,17H,7,9H2,(H,24,27)(H,23,25,26). The van der Waals surface area contributed by atoms with Gasteiger partial charge in [0.15, 0.2) is 5.13 Å². The number of rotatable bonds is 5. The fourth-order valence-corrected chi connectivity index (χ4v) is 5.30. The number of anilines is 2. The highest BCUT2D eigenvalue weighted by atomic mass is 35.5. The van der Waals surface area contributed by atoms with Crippen molar-refractivity contribution < 1.29 is 9.59 Å². The molecule has 0 saturated carbocycles. The number of para-hydroxylation sites is 1. The molecule has 0 saturated heterocycles. The van der Waals surface area contributed by atoms with Crippen LogP contribution in [0.1, 0.15) is 16.9 Å². The van der Waals surface area contributed by atoms with Crippen LogP contribution >= 0.6 is 46.3 Å². The fraction of sp³-hybridized carbons (Fsp3) is 0.150. The minimum atomic E-state index is -0.475. The first-order valence-corrected chi connectivity index (χ1v) is 11.2. The number of thiazole rings is 1. The Morgan fingerprint density at radius 1 is 1.21 bits per heavy atom. The van der Waals surface area contributed by atoms with Crippen molar-refractivity contribution in [1.82, 2.24) is 4.98 Å². The van der Waals surface area contributed by atoms with E-state index in [-0.39, 0.29) is 18.2 Å². The predicted octanol–water partition coefficient (Wildman–Crippen LogP) is 5.48. The van der Waals surface area contributed by atoms with Gasteiger partial charge in [-0.25, -0.2) is 4.98 Å². The first kappa shape index (κ1) is 20.2. The molecular formula is C20H15Cl2N3O2S2. The number of nitrogens with one attached hydrogen (secondary N) is 2. The summed E-state index contributed by atoms with van der Waals surface area (Å²) in [5, 5.41) is 6.83. The molecule has 2 amide bonds. The molecule has 5 nitrogen and oxygen atoms in total. The predicted molar refractivity (Wildman–Crippen MR) is 119 cm³/mol. The highest BCUT2D eigenvalue weighted by molar-refractivity contribution is 8.01. The van der Waals surface area contributed by atoms with E-state index >= 15 is 0 Å². The third-order valence-corrected chi connectivity index (χ3v) is 7.03. The van der Waals surface area contributed by atoms with Gasteiger partial charge in [-0.1, -0.05) is 41.4 Å². The zero-order valence-corrected chi connectivity index (χ0v) is 18.1. The molecule has 2 heterocycles. The second-order valence-electron chi connectivity index (χ2n) is 6.39. The summed E-state index contributed by atoms with van der Waals surface area (Å²) in [5.74, 6) is -0.413. The number of carbonyl (C=O) groups excluding carboxylic acids is 2. The van der Waals surface area contributed by atoms with Crippen molar-refractivity contribution in [2.24, 2.45) is 0 Å². The summed E-state index contributed by atoms with van der Waals surface area (Å²) in [6.45, 7) is 0. The molecule has 9 heteroatoms. The number of carbonyl (C=O) groups is 2. The minimum absolute atomic E-state index is 0.0722. The summed E-state index contributed by atoms with van der Waals surface area (Å²) >= 11 is 14.9. The average Bonchev–Trinajstić information content (AvgIpc) is 3.11. The van der Waals surface area contributed by atoms with Crippen molar-refractivity contribution >= 4 is 68.9 Å². The summed E-state index contributed by atoms with van der Waals surface area (Å²) < 4.78 is 0. The Kier molecular flexibility index (Phi) is 6.10. The molecule has 3 aromatic rings. The number of hydrogen-bond donors (Lipinski definition) is 2. The van der Waals surface area contributed by atoms with Crippen LogP contribution in [-0.4, -0.2) is 22.0 Å². The Balaban J connectivity index is 1.36. The Bertz CT molecular complexity index is 1090. The Morgan fingerprint density at radius 2 is 2.03 bits per heavy atom. The fourth-order valence-electron chi connectivity index (χ4n) is 2.87. The molecule has 1 atom stereocenters. The van der Waals surface area contributed by atoms with E-state index < -0.39 is 5.25 Å². The molecule has 4 rings (SSSR count). The Morgan fingerprint density at radius 3 is 2.86 bits per heavy atom. The zero-order chi connectivity index (χ0) is 20.4. The van der Waals surface area contributed by atoms with Crippen LogP contribution in [0, 0.1) is 0 Å². The molecule has 148 valence electrons. The molecule has 29 heavy (non-hydrogen) atoms. The van der Waals surface area contributed by atoms with Gasteiger partial charge in [0.25, 0.3) is 0 Å². The minimum Gasteiger partial charge on any atom is -0.324 e. The third kappa shape index (κ3) is 4.93. The van der Waals surface area contributed by atoms with E-state index in [1.165, 1.54) is 23.1 Å². The molecule has 1 aromatic heterocycles. The van der Waals surface area contributed by atoms with E-state index in [0.29, 0.717) is 21.6 Å². The lowest BCUT2D eigenvalue weighted by atomic mass is 10.1. The van der Waals surface area contributed by atoms with Gasteiger partial charge in [-0.3, -0.25) is 9.59 Å². The topological polar surface area (TPSA) is 71.1 Å². The molecule has 1 unspecified atom stereocenters. The van der Waals surface area contributed by atoms with E-state index in [4.69, 9.17) is 23.2 Å². The molecule has 2 N–H and O–H groups in total. The summed E-state index contributed by atoms with van der Waals surface area (Å²) in [7, 11) is 0. The molecule has 1 aliphatic heterocycles. The first-order valence-electron chi connectivity index (χ1n) is 8.73. The monoisotopic (exact) mass is 463 g/mol. The number of nitrogens with zero attached hydrogens (tertiary/aromatic N) is 1. The van der Waals surface area contributed by atoms with Gasteiger partial charge in [0.1, 0.15) is 0 Å². The van der Waals surface area contributed by atoms with Crippen molar-refractivity contribution in [1.29, 1.82) is 0 Å². The summed E-state index contributed by atoms with van der Waals surface area (Å²) in [6, 6.07) is 12.9. The number of hydrogen-bond acceptors (Lipinski definition) is 5. The van der Waals surface area contributed by atoms with E-state index in [1.807, 2.05) is 30.3 Å². The number of thioether (sulfide) groups is 1. The molecular weight excluding hydrogens is 449 g/mol. The van der Waals surface area contributed by atoms with Gasteiger partial charge < -0.3 is 10.6 Å². The molecule has 0 radical (unpaired) electrons. The smallest absolute Gasteiger partial charge is 0.238 e. The SMILES string of the molecule is O=C(CC1Sc2ccccc2NC1=O)Nc1ncc(Cc2ccc(Cl)cc2Cl)s1. The Labute approximate surface area is 185 Å². The van der Waals surface area contributed by atoms with E-state index in [1.54, 1.807) is 18.3 Å². The summed E-state index contributed by atoms with van der Waals surface area (Å²) in [5.41, 5.74) is 1.72. The van der Waals surface area contributed by atoms with Crippen LogP contribution in [-0.2, 0) is 16.0 Å². The van der Waals surface area contributed by atoms with Crippen LogP contribution in [0.4, 0.5) is 10.8 Å². The van der Waals surface area contributed by atoms with E-state index in [9.17, 15) is 9.59 Å². The van der Waals surface area contributed by atoms with Crippen molar-refractivity contribution in [3.8, 4) is 0 Å². The number of fused-ring (bicyclic) bond motifs is 1. The van der Waals surface area contributed by atoms with Crippen LogP contribution in [0.25, 0.3) is 0 Å². The lowest BCUT2D eigenvalue weighted by molar-refractivity contribution is -0.120. The first-order chi connectivity index (χ1) is 14.0. The normalized spacial score (nSPS) is 15.5. The van der Waals surface area contributed by atoms with Crippen LogP contribution in [0.5, 0.6) is 0 Å². The molecule has 2 aromatic carbocycles. The van der Waals surface area contributed by atoms with Crippen molar-refractivity contribution in [3.05, 3.63) is 69.1 Å². The largest absolute Gasteiger partial charge is 0.324 e. The third-order valence-electron chi connectivity index (χ3n) is 4.26. The van der Waals surface area contributed by atoms with Gasteiger partial charge in [-0.15, -0.1) is 23.1 Å². The van der Waals surface area contributed by atoms with E-state index in [2.05, 4.69) is 15.6 Å². The number of halogens is 2. The van der Waals surface area contributed by atoms with Gasteiger partial charge in [0.2, 0.25) is 11.8 Å². The number of amides is 2. The quantitative estimate of drug-likeness (QED) is 0.525. The second-order valence-corrected chi connectivity index (χ2v) is 9.59. The van der Waals surface area contributed by atoms with Crippen molar-refractivity contribution in [3.63, 3.8) is 0 Å². The molecule has 0 aliphatic carbocycles. The molecule has 0 spiro atoms. The van der Waals surface area contributed by atoms with Gasteiger partial charge >= 0.3 is 0 Å². The average molecular weight is 464 g/mol. The summed E-state index contributed by atoms with van der Waals surface area (Å²) in [4.78, 5) is 30.9. The van der Waals surface area contributed by atoms with Crippen LogP contribution in [0.3, 0.4) is 0 Å². The maximum absolute atomic E-state index is 12.4. The van der Waals surface area contributed by atoms with Crippen molar-refractivity contribution in [2.45, 2.75) is 23.0 Å².